The summed E-state index contributed by atoms with van der Waals surface area (Å²) < 4.78 is 0. The summed E-state index contributed by atoms with van der Waals surface area (Å²) in [5.74, 6) is -3.13. The van der Waals surface area contributed by atoms with E-state index in [9.17, 15) is 24.3 Å². The molecule has 0 fully saturated rings. The predicted molar refractivity (Wildman–Crippen MR) is 100 cm³/mol. The third-order valence-corrected chi connectivity index (χ3v) is 4.39. The molecule has 0 aromatic rings. The summed E-state index contributed by atoms with van der Waals surface area (Å²) in [7, 11) is 0. The molecule has 0 aromatic carbocycles. The summed E-state index contributed by atoms with van der Waals surface area (Å²) >= 11 is 0. The highest BCUT2D eigenvalue weighted by atomic mass is 16.4. The predicted octanol–water partition coefficient (Wildman–Crippen LogP) is -1.19. The van der Waals surface area contributed by atoms with Gasteiger partial charge in [0.1, 0.15) is 12.1 Å². The molecule has 4 atom stereocenters. The van der Waals surface area contributed by atoms with E-state index in [1.54, 1.807) is 6.92 Å². The third kappa shape index (κ3) is 9.90. The SMILES string of the molecule is CCC(C)C(NC(=O)C(N)CCC(N)=O)C(=O)NC(CCCCN)C(=O)O. The number of nitrogens with two attached hydrogens (primary N) is 3. The molecule has 10 heteroatoms. The first kappa shape index (κ1) is 24.8. The van der Waals surface area contributed by atoms with Crippen molar-refractivity contribution in [2.75, 3.05) is 6.54 Å². The maximum atomic E-state index is 12.6. The van der Waals surface area contributed by atoms with Gasteiger partial charge in [-0.25, -0.2) is 4.79 Å². The number of unbranched alkanes of at least 4 members (excludes halogenated alkanes) is 1. The second-order valence-corrected chi connectivity index (χ2v) is 6.67. The second-order valence-electron chi connectivity index (χ2n) is 6.67. The summed E-state index contributed by atoms with van der Waals surface area (Å²) in [5.41, 5.74) is 16.2. The van der Waals surface area contributed by atoms with Crippen LogP contribution in [0.15, 0.2) is 0 Å². The van der Waals surface area contributed by atoms with Gasteiger partial charge in [-0.3, -0.25) is 14.4 Å². The van der Waals surface area contributed by atoms with Crippen molar-refractivity contribution in [1.82, 2.24) is 10.6 Å². The number of aliphatic carboxylic acids is 1. The molecule has 0 saturated heterocycles. The van der Waals surface area contributed by atoms with Crippen LogP contribution in [0.1, 0.15) is 52.4 Å². The van der Waals surface area contributed by atoms with Crippen molar-refractivity contribution in [1.29, 1.82) is 0 Å². The number of carboxylic acid groups (broad SMARTS) is 1. The number of rotatable bonds is 14. The number of carbonyl (C=O) groups is 4. The molecule has 0 rings (SSSR count). The molecule has 0 spiro atoms. The Labute approximate surface area is 159 Å². The number of hydrogen-bond acceptors (Lipinski definition) is 6. The Morgan fingerprint density at radius 3 is 2.15 bits per heavy atom. The zero-order valence-electron chi connectivity index (χ0n) is 16.1. The molecule has 0 aliphatic rings. The van der Waals surface area contributed by atoms with E-state index in [4.69, 9.17) is 17.2 Å². The van der Waals surface area contributed by atoms with E-state index < -0.39 is 41.8 Å². The van der Waals surface area contributed by atoms with Gasteiger partial charge < -0.3 is 32.9 Å². The van der Waals surface area contributed by atoms with Crippen molar-refractivity contribution < 1.29 is 24.3 Å². The lowest BCUT2D eigenvalue weighted by Gasteiger charge is -2.26. The molecule has 9 N–H and O–H groups in total. The zero-order valence-corrected chi connectivity index (χ0v) is 16.1. The van der Waals surface area contributed by atoms with Crippen LogP contribution in [0, 0.1) is 5.92 Å². The minimum absolute atomic E-state index is 0.0446. The maximum Gasteiger partial charge on any atom is 0.326 e. The lowest BCUT2D eigenvalue weighted by Crippen LogP contribution is -2.56. The van der Waals surface area contributed by atoms with Gasteiger partial charge in [0.15, 0.2) is 0 Å². The van der Waals surface area contributed by atoms with Crippen LogP contribution in [-0.2, 0) is 19.2 Å². The summed E-state index contributed by atoms with van der Waals surface area (Å²) in [6.45, 7) is 4.05. The Bertz CT molecular complexity index is 514. The van der Waals surface area contributed by atoms with Gasteiger partial charge >= 0.3 is 5.97 Å². The first-order chi connectivity index (χ1) is 12.6. The average Bonchev–Trinajstić information content (AvgIpc) is 2.62. The molecule has 0 heterocycles. The molecule has 0 bridgehead atoms. The van der Waals surface area contributed by atoms with E-state index in [-0.39, 0.29) is 25.2 Å². The molecule has 156 valence electrons. The lowest BCUT2D eigenvalue weighted by atomic mass is 9.97. The van der Waals surface area contributed by atoms with Crippen molar-refractivity contribution in [2.24, 2.45) is 23.1 Å². The van der Waals surface area contributed by atoms with Gasteiger partial charge in [0, 0.05) is 6.42 Å². The molecule has 3 amide bonds. The molecule has 0 aliphatic carbocycles. The molecule has 0 radical (unpaired) electrons. The van der Waals surface area contributed by atoms with Gasteiger partial charge in [0.05, 0.1) is 6.04 Å². The Morgan fingerprint density at radius 2 is 1.67 bits per heavy atom. The van der Waals surface area contributed by atoms with E-state index >= 15 is 0 Å². The molecule has 10 nitrogen and oxygen atoms in total. The largest absolute Gasteiger partial charge is 0.480 e. The van der Waals surface area contributed by atoms with E-state index in [0.29, 0.717) is 25.8 Å². The average molecular weight is 387 g/mol. The van der Waals surface area contributed by atoms with Crippen LogP contribution in [0.3, 0.4) is 0 Å². The minimum atomic E-state index is -1.15. The Kier molecular flexibility index (Phi) is 12.0. The quantitative estimate of drug-likeness (QED) is 0.202. The van der Waals surface area contributed by atoms with Crippen LogP contribution in [-0.4, -0.2) is 53.5 Å². The third-order valence-electron chi connectivity index (χ3n) is 4.39. The van der Waals surface area contributed by atoms with Crippen molar-refractivity contribution in [3.63, 3.8) is 0 Å². The molecular weight excluding hydrogens is 354 g/mol. The topological polar surface area (TPSA) is 191 Å². The normalized spacial score (nSPS) is 15.3. The molecule has 0 aliphatic heterocycles. The summed E-state index contributed by atoms with van der Waals surface area (Å²) in [5, 5.41) is 14.3. The van der Waals surface area contributed by atoms with Crippen LogP contribution in [0.25, 0.3) is 0 Å². The number of carboxylic acids is 1. The molecule has 0 aromatic heterocycles. The lowest BCUT2D eigenvalue weighted by molar-refractivity contribution is -0.142. The highest BCUT2D eigenvalue weighted by molar-refractivity contribution is 5.92. The van der Waals surface area contributed by atoms with Crippen LogP contribution >= 0.6 is 0 Å². The van der Waals surface area contributed by atoms with Crippen molar-refractivity contribution in [3.05, 3.63) is 0 Å². The number of nitrogens with one attached hydrogen (secondary N) is 2. The van der Waals surface area contributed by atoms with Crippen LogP contribution < -0.4 is 27.8 Å². The molecule has 0 saturated carbocycles. The highest BCUT2D eigenvalue weighted by Crippen LogP contribution is 2.10. The van der Waals surface area contributed by atoms with E-state index in [0.717, 1.165) is 0 Å². The molecule has 27 heavy (non-hydrogen) atoms. The van der Waals surface area contributed by atoms with E-state index in [1.807, 2.05) is 6.92 Å². The summed E-state index contributed by atoms with van der Waals surface area (Å²) in [6.07, 6.45) is 2.06. The van der Waals surface area contributed by atoms with Gasteiger partial charge in [-0.2, -0.15) is 0 Å². The number of amides is 3. The zero-order chi connectivity index (χ0) is 21.0. The van der Waals surface area contributed by atoms with Crippen molar-refractivity contribution in [3.8, 4) is 0 Å². The van der Waals surface area contributed by atoms with Crippen LogP contribution in [0.2, 0.25) is 0 Å². The minimum Gasteiger partial charge on any atom is -0.480 e. The monoisotopic (exact) mass is 387 g/mol. The maximum absolute atomic E-state index is 12.6. The molecular formula is C17H33N5O5. The summed E-state index contributed by atoms with van der Waals surface area (Å²) in [6, 6.07) is -2.98. The smallest absolute Gasteiger partial charge is 0.326 e. The first-order valence-electron chi connectivity index (χ1n) is 9.21. The Morgan fingerprint density at radius 1 is 1.04 bits per heavy atom. The van der Waals surface area contributed by atoms with Gasteiger partial charge in [0.25, 0.3) is 0 Å². The first-order valence-corrected chi connectivity index (χ1v) is 9.21. The molecule has 4 unspecified atom stereocenters. The highest BCUT2D eigenvalue weighted by Gasteiger charge is 2.30. The van der Waals surface area contributed by atoms with Gasteiger partial charge in [-0.15, -0.1) is 0 Å². The fourth-order valence-electron chi connectivity index (χ4n) is 2.40. The number of primary amides is 1. The van der Waals surface area contributed by atoms with Crippen molar-refractivity contribution in [2.45, 2.75) is 70.5 Å². The Balaban J connectivity index is 4.99. The van der Waals surface area contributed by atoms with Crippen molar-refractivity contribution >= 4 is 23.7 Å². The van der Waals surface area contributed by atoms with Crippen LogP contribution in [0.4, 0.5) is 0 Å². The fraction of sp³-hybridized carbons (Fsp3) is 0.765. The van der Waals surface area contributed by atoms with Gasteiger partial charge in [0.2, 0.25) is 17.7 Å². The van der Waals surface area contributed by atoms with Gasteiger partial charge in [-0.1, -0.05) is 20.3 Å². The summed E-state index contributed by atoms with van der Waals surface area (Å²) in [4.78, 5) is 47.0. The number of carbonyl (C=O) groups excluding carboxylic acids is 3. The fourth-order valence-corrected chi connectivity index (χ4v) is 2.40. The standard InChI is InChI=1S/C17H33N5O5/c1-3-10(2)14(22-15(24)11(19)7-8-13(20)23)16(25)21-12(17(26)27)6-4-5-9-18/h10-12,14H,3-9,18-19H2,1-2H3,(H2,20,23)(H,21,25)(H,22,24)(H,26,27). The van der Waals surface area contributed by atoms with Gasteiger partial charge in [-0.05, 0) is 38.1 Å². The van der Waals surface area contributed by atoms with Crippen LogP contribution in [0.5, 0.6) is 0 Å². The Hall–Kier alpha value is -2.20. The van der Waals surface area contributed by atoms with E-state index in [2.05, 4.69) is 10.6 Å². The van der Waals surface area contributed by atoms with E-state index in [1.165, 1.54) is 0 Å². The second kappa shape index (κ2) is 13.0. The number of hydrogen-bond donors (Lipinski definition) is 6.